The summed E-state index contributed by atoms with van der Waals surface area (Å²) in [5, 5.41) is 25.7. The monoisotopic (exact) mass is 278 g/mol. The second kappa shape index (κ2) is 6.12. The van der Waals surface area contributed by atoms with Crippen LogP contribution < -0.4 is 0 Å². The number of carboxylic acid groups (broad SMARTS) is 3. The molecule has 108 valence electrons. The van der Waals surface area contributed by atoms with Crippen molar-refractivity contribution in [2.75, 3.05) is 0 Å². The van der Waals surface area contributed by atoms with Crippen molar-refractivity contribution >= 4 is 18.5 Å². The maximum atomic E-state index is 10.5. The molecule has 0 aromatic heterocycles. The van der Waals surface area contributed by atoms with Gasteiger partial charge in [0.1, 0.15) is 18.3 Å². The highest BCUT2D eigenvalue weighted by molar-refractivity contribution is 5.59. The van der Waals surface area contributed by atoms with Crippen molar-refractivity contribution in [2.45, 2.75) is 38.1 Å². The average molecular weight is 278 g/mol. The van der Waals surface area contributed by atoms with Gasteiger partial charge in [0.25, 0.3) is 0 Å². The molecule has 4 unspecified atom stereocenters. The van der Waals surface area contributed by atoms with E-state index in [-0.39, 0.29) is 18.8 Å². The van der Waals surface area contributed by atoms with E-state index in [4.69, 9.17) is 15.3 Å². The van der Waals surface area contributed by atoms with E-state index in [1.807, 2.05) is 0 Å². The van der Waals surface area contributed by atoms with Crippen molar-refractivity contribution in [1.82, 2.24) is 0 Å². The quantitative estimate of drug-likeness (QED) is 0.518. The van der Waals surface area contributed by atoms with E-state index in [9.17, 15) is 14.4 Å². The molecule has 0 amide bonds. The Morgan fingerprint density at radius 3 is 1.58 bits per heavy atom. The molecule has 1 saturated carbocycles. The van der Waals surface area contributed by atoms with Crippen LogP contribution in [0.15, 0.2) is 0 Å². The van der Waals surface area contributed by atoms with Gasteiger partial charge in [0.05, 0.1) is 0 Å². The lowest BCUT2D eigenvalue weighted by Gasteiger charge is -2.36. The summed E-state index contributed by atoms with van der Waals surface area (Å²) in [5.74, 6) is -0.311. The Bertz CT molecular complexity index is 366. The largest absolute Gasteiger partial charge is 0.506 e. The van der Waals surface area contributed by atoms with Crippen molar-refractivity contribution in [2.24, 2.45) is 5.92 Å². The van der Waals surface area contributed by atoms with E-state index in [0.717, 1.165) is 0 Å². The van der Waals surface area contributed by atoms with E-state index < -0.39 is 36.8 Å². The molecule has 9 heteroatoms. The summed E-state index contributed by atoms with van der Waals surface area (Å²) in [6.07, 6.45) is -7.42. The lowest BCUT2D eigenvalue weighted by molar-refractivity contribution is -0.104. The van der Waals surface area contributed by atoms with Gasteiger partial charge in [-0.2, -0.15) is 0 Å². The summed E-state index contributed by atoms with van der Waals surface area (Å²) in [5.41, 5.74) is 0. The molecule has 0 aromatic rings. The molecule has 0 aliphatic heterocycles. The molecular formula is C10H14O9. The lowest BCUT2D eigenvalue weighted by atomic mass is 9.84. The van der Waals surface area contributed by atoms with Crippen LogP contribution in [0.5, 0.6) is 0 Å². The Labute approximate surface area is 107 Å². The summed E-state index contributed by atoms with van der Waals surface area (Å²) in [4.78, 5) is 31.5. The third-order valence-electron chi connectivity index (χ3n) is 2.87. The van der Waals surface area contributed by atoms with Crippen LogP contribution in [0.25, 0.3) is 0 Å². The van der Waals surface area contributed by atoms with Crippen LogP contribution in [0.4, 0.5) is 14.4 Å². The van der Waals surface area contributed by atoms with E-state index in [2.05, 4.69) is 14.2 Å². The fourth-order valence-electron chi connectivity index (χ4n) is 2.08. The van der Waals surface area contributed by atoms with Gasteiger partial charge in [-0.3, -0.25) is 0 Å². The normalized spacial score (nSPS) is 30.2. The Balaban J connectivity index is 2.75. The molecule has 0 spiro atoms. The van der Waals surface area contributed by atoms with Crippen LogP contribution in [-0.4, -0.2) is 52.1 Å². The van der Waals surface area contributed by atoms with Crippen LogP contribution in [0.1, 0.15) is 19.8 Å². The maximum Gasteiger partial charge on any atom is 0.506 e. The van der Waals surface area contributed by atoms with Crippen molar-refractivity contribution in [1.29, 1.82) is 0 Å². The minimum atomic E-state index is -1.59. The first-order valence-corrected chi connectivity index (χ1v) is 5.48. The van der Waals surface area contributed by atoms with Crippen molar-refractivity contribution in [3.63, 3.8) is 0 Å². The van der Waals surface area contributed by atoms with Crippen molar-refractivity contribution < 1.29 is 43.9 Å². The SMILES string of the molecule is CC1CC(OC(=O)O)C(OC(=O)O)CC1OC(=O)O. The topological polar surface area (TPSA) is 140 Å². The predicted octanol–water partition coefficient (Wildman–Crippen LogP) is 1.61. The van der Waals surface area contributed by atoms with Gasteiger partial charge in [-0.25, -0.2) is 14.4 Å². The summed E-state index contributed by atoms with van der Waals surface area (Å²) >= 11 is 0. The van der Waals surface area contributed by atoms with Crippen molar-refractivity contribution in [3.05, 3.63) is 0 Å². The number of rotatable bonds is 3. The van der Waals surface area contributed by atoms with Gasteiger partial charge in [0.15, 0.2) is 0 Å². The fraction of sp³-hybridized carbons (Fsp3) is 0.700. The third kappa shape index (κ3) is 4.53. The van der Waals surface area contributed by atoms with Gasteiger partial charge in [0, 0.05) is 6.42 Å². The summed E-state index contributed by atoms with van der Waals surface area (Å²) in [6, 6.07) is 0. The molecule has 0 saturated heterocycles. The van der Waals surface area contributed by atoms with Crippen LogP contribution >= 0.6 is 0 Å². The molecule has 1 rings (SSSR count). The molecule has 1 fully saturated rings. The fourth-order valence-corrected chi connectivity index (χ4v) is 2.08. The highest BCUT2D eigenvalue weighted by atomic mass is 16.7. The molecule has 4 atom stereocenters. The molecule has 0 heterocycles. The number of hydrogen-bond donors (Lipinski definition) is 3. The molecule has 0 aromatic carbocycles. The first kappa shape index (κ1) is 14.9. The first-order valence-electron chi connectivity index (χ1n) is 5.48. The number of ether oxygens (including phenoxy) is 3. The summed E-state index contributed by atoms with van der Waals surface area (Å²) in [6.45, 7) is 1.66. The van der Waals surface area contributed by atoms with Gasteiger partial charge < -0.3 is 29.5 Å². The van der Waals surface area contributed by atoms with E-state index >= 15 is 0 Å². The minimum absolute atomic E-state index is 0.0856. The molecule has 1 aliphatic rings. The zero-order valence-electron chi connectivity index (χ0n) is 10.0. The van der Waals surface area contributed by atoms with Gasteiger partial charge in [0.2, 0.25) is 0 Å². The minimum Gasteiger partial charge on any atom is -0.450 e. The van der Waals surface area contributed by atoms with Crippen LogP contribution in [0.2, 0.25) is 0 Å². The zero-order valence-corrected chi connectivity index (χ0v) is 10.0. The van der Waals surface area contributed by atoms with Crippen LogP contribution in [0, 0.1) is 5.92 Å². The molecule has 0 bridgehead atoms. The predicted molar refractivity (Wildman–Crippen MR) is 57.1 cm³/mol. The van der Waals surface area contributed by atoms with Gasteiger partial charge in [-0.05, 0) is 12.3 Å². The lowest BCUT2D eigenvalue weighted by Crippen LogP contribution is -2.46. The van der Waals surface area contributed by atoms with Crippen LogP contribution in [0.3, 0.4) is 0 Å². The maximum absolute atomic E-state index is 10.5. The Hall–Kier alpha value is -2.19. The van der Waals surface area contributed by atoms with Gasteiger partial charge in [-0.1, -0.05) is 6.92 Å². The van der Waals surface area contributed by atoms with E-state index in [0.29, 0.717) is 0 Å². The van der Waals surface area contributed by atoms with Gasteiger partial charge in [-0.15, -0.1) is 0 Å². The molecular weight excluding hydrogens is 264 g/mol. The Kier molecular flexibility index (Phi) is 4.79. The smallest absolute Gasteiger partial charge is 0.450 e. The highest BCUT2D eigenvalue weighted by Gasteiger charge is 2.41. The zero-order chi connectivity index (χ0) is 14.6. The first-order chi connectivity index (χ1) is 8.79. The van der Waals surface area contributed by atoms with E-state index in [1.165, 1.54) is 0 Å². The van der Waals surface area contributed by atoms with Gasteiger partial charge >= 0.3 is 18.5 Å². The third-order valence-corrected chi connectivity index (χ3v) is 2.87. The van der Waals surface area contributed by atoms with Crippen LogP contribution in [-0.2, 0) is 14.2 Å². The molecule has 0 radical (unpaired) electrons. The second-order valence-corrected chi connectivity index (χ2v) is 4.22. The number of carbonyl (C=O) groups is 3. The molecule has 3 N–H and O–H groups in total. The number of hydrogen-bond acceptors (Lipinski definition) is 6. The highest BCUT2D eigenvalue weighted by Crippen LogP contribution is 2.31. The summed E-state index contributed by atoms with van der Waals surface area (Å²) < 4.78 is 13.7. The standard InChI is InChI=1S/C10H14O9/c1-4-2-6(18-9(13)14)7(19-10(15)16)3-5(4)17-8(11)12/h4-7H,2-3H2,1H3,(H,11,12)(H,13,14)(H,15,16). The van der Waals surface area contributed by atoms with E-state index in [1.54, 1.807) is 6.92 Å². The molecule has 1 aliphatic carbocycles. The Morgan fingerprint density at radius 2 is 1.16 bits per heavy atom. The Morgan fingerprint density at radius 1 is 0.789 bits per heavy atom. The molecule has 9 nitrogen and oxygen atoms in total. The molecule has 19 heavy (non-hydrogen) atoms. The van der Waals surface area contributed by atoms with Crippen molar-refractivity contribution in [3.8, 4) is 0 Å². The second-order valence-electron chi connectivity index (χ2n) is 4.22. The summed E-state index contributed by atoms with van der Waals surface area (Å²) in [7, 11) is 0. The average Bonchev–Trinajstić information content (AvgIpc) is 2.22.